The topological polar surface area (TPSA) is 27.6 Å². The summed E-state index contributed by atoms with van der Waals surface area (Å²) in [7, 11) is 1.95. The van der Waals surface area contributed by atoms with E-state index in [2.05, 4.69) is 42.5 Å². The van der Waals surface area contributed by atoms with Crippen LogP contribution >= 0.6 is 11.8 Å². The molecule has 1 aliphatic rings. The van der Waals surface area contributed by atoms with Crippen LogP contribution in [0.5, 0.6) is 0 Å². The number of hydrogen-bond donors (Lipinski definition) is 1. The molecule has 18 heavy (non-hydrogen) atoms. The molecule has 1 aliphatic heterocycles. The van der Waals surface area contributed by atoms with Gasteiger partial charge in [-0.25, -0.2) is 5.01 Å². The van der Waals surface area contributed by atoms with Crippen molar-refractivity contribution in [1.82, 2.24) is 5.32 Å². The van der Waals surface area contributed by atoms with Crippen molar-refractivity contribution in [2.75, 3.05) is 23.6 Å². The molecule has 4 heteroatoms. The maximum atomic E-state index is 4.58. The predicted molar refractivity (Wildman–Crippen MR) is 81.2 cm³/mol. The summed E-state index contributed by atoms with van der Waals surface area (Å²) in [4.78, 5) is 0. The van der Waals surface area contributed by atoms with Gasteiger partial charge in [-0.15, -0.1) is 0 Å². The van der Waals surface area contributed by atoms with E-state index in [0.29, 0.717) is 0 Å². The van der Waals surface area contributed by atoms with Crippen molar-refractivity contribution in [2.45, 2.75) is 13.8 Å². The van der Waals surface area contributed by atoms with Gasteiger partial charge in [0.05, 0.1) is 5.69 Å². The van der Waals surface area contributed by atoms with Gasteiger partial charge in [0, 0.05) is 24.8 Å². The summed E-state index contributed by atoms with van der Waals surface area (Å²) in [5.41, 5.74) is 3.68. The van der Waals surface area contributed by atoms with Crippen molar-refractivity contribution in [3.05, 3.63) is 41.2 Å². The van der Waals surface area contributed by atoms with Crippen LogP contribution in [0, 0.1) is 6.92 Å². The molecule has 0 saturated carbocycles. The number of hydrazone groups is 1. The number of rotatable bonds is 2. The van der Waals surface area contributed by atoms with E-state index in [-0.39, 0.29) is 0 Å². The quantitative estimate of drug-likeness (QED) is 0.887. The molecule has 0 spiro atoms. The van der Waals surface area contributed by atoms with Gasteiger partial charge in [-0.05, 0) is 31.1 Å². The summed E-state index contributed by atoms with van der Waals surface area (Å²) in [6.07, 6.45) is 1.97. The first-order valence-electron chi connectivity index (χ1n) is 6.07. The number of hydrogen-bond acceptors (Lipinski definition) is 4. The van der Waals surface area contributed by atoms with Crippen LogP contribution in [0.2, 0.25) is 0 Å². The Morgan fingerprint density at radius 2 is 2.06 bits per heavy atom. The molecule has 96 valence electrons. The molecule has 0 bridgehead atoms. The van der Waals surface area contributed by atoms with Crippen LogP contribution in [-0.2, 0) is 0 Å². The van der Waals surface area contributed by atoms with Gasteiger partial charge in [0.2, 0.25) is 0 Å². The first kappa shape index (κ1) is 13.0. The Bertz CT molecular complexity index is 480. The molecule has 0 fully saturated rings. The molecule has 0 aliphatic carbocycles. The fourth-order valence-electron chi connectivity index (χ4n) is 1.99. The molecule has 0 aromatic heterocycles. The molecule has 3 nitrogen and oxygen atoms in total. The Kier molecular flexibility index (Phi) is 4.31. The van der Waals surface area contributed by atoms with Crippen molar-refractivity contribution in [3.8, 4) is 0 Å². The standard InChI is InChI=1S/C14H19N3S/c1-11-6-4-5-7-13(11)17-14(15-3)12(2)10-18-9-8-16-17/h4-8,15H,9-10H2,1-3H3/b14-12+,16-8+. The normalized spacial score (nSPS) is 22.3. The molecule has 2 rings (SSSR count). The van der Waals surface area contributed by atoms with E-state index in [1.165, 1.54) is 11.1 Å². The van der Waals surface area contributed by atoms with Gasteiger partial charge < -0.3 is 5.32 Å². The lowest BCUT2D eigenvalue weighted by atomic mass is 10.2. The van der Waals surface area contributed by atoms with Crippen molar-refractivity contribution in [1.29, 1.82) is 0 Å². The molecule has 0 atom stereocenters. The third-order valence-corrected chi connectivity index (χ3v) is 3.93. The third-order valence-electron chi connectivity index (χ3n) is 2.90. The summed E-state index contributed by atoms with van der Waals surface area (Å²) in [5, 5.41) is 9.86. The van der Waals surface area contributed by atoms with Gasteiger partial charge in [-0.2, -0.15) is 16.9 Å². The van der Waals surface area contributed by atoms with Crippen molar-refractivity contribution >= 4 is 23.7 Å². The van der Waals surface area contributed by atoms with E-state index in [1.807, 2.05) is 36.1 Å². The predicted octanol–water partition coefficient (Wildman–Crippen LogP) is 2.98. The van der Waals surface area contributed by atoms with Crippen LogP contribution in [0.25, 0.3) is 0 Å². The largest absolute Gasteiger partial charge is 0.373 e. The van der Waals surface area contributed by atoms with Gasteiger partial charge >= 0.3 is 0 Å². The highest BCUT2D eigenvalue weighted by Gasteiger charge is 2.15. The Labute approximate surface area is 113 Å². The van der Waals surface area contributed by atoms with E-state index < -0.39 is 0 Å². The zero-order valence-electron chi connectivity index (χ0n) is 11.1. The smallest absolute Gasteiger partial charge is 0.127 e. The fraction of sp³-hybridized carbons (Fsp3) is 0.357. The first-order valence-corrected chi connectivity index (χ1v) is 7.23. The fourth-order valence-corrected chi connectivity index (χ4v) is 2.72. The number of nitrogens with one attached hydrogen (secondary N) is 1. The number of benzene rings is 1. The Balaban J connectivity index is 2.47. The van der Waals surface area contributed by atoms with E-state index >= 15 is 0 Å². The van der Waals surface area contributed by atoms with E-state index in [9.17, 15) is 0 Å². The van der Waals surface area contributed by atoms with Crippen LogP contribution in [0.3, 0.4) is 0 Å². The van der Waals surface area contributed by atoms with Gasteiger partial charge in [-0.1, -0.05) is 18.2 Å². The SMILES string of the molecule is CN/C1=C(/C)CSC/C=N/N1c1ccccc1C. The van der Waals surface area contributed by atoms with Gasteiger partial charge in [0.25, 0.3) is 0 Å². The maximum Gasteiger partial charge on any atom is 0.127 e. The van der Waals surface area contributed by atoms with Gasteiger partial charge in [0.15, 0.2) is 0 Å². The zero-order valence-corrected chi connectivity index (χ0v) is 11.9. The van der Waals surface area contributed by atoms with Crippen LogP contribution in [0.15, 0.2) is 40.8 Å². The summed E-state index contributed by atoms with van der Waals surface area (Å²) >= 11 is 1.88. The average molecular weight is 261 g/mol. The lowest BCUT2D eigenvalue weighted by Gasteiger charge is -2.26. The number of para-hydroxylation sites is 1. The molecule has 0 radical (unpaired) electrons. The molecule has 0 saturated heterocycles. The summed E-state index contributed by atoms with van der Waals surface area (Å²) in [6, 6.07) is 8.32. The molecule has 0 amide bonds. The van der Waals surface area contributed by atoms with E-state index in [4.69, 9.17) is 0 Å². The van der Waals surface area contributed by atoms with Crippen LogP contribution in [0.4, 0.5) is 5.69 Å². The summed E-state index contributed by atoms with van der Waals surface area (Å²) < 4.78 is 0. The second-order valence-electron chi connectivity index (χ2n) is 4.29. The van der Waals surface area contributed by atoms with Crippen LogP contribution < -0.4 is 10.3 Å². The Hall–Kier alpha value is -1.42. The average Bonchev–Trinajstić information content (AvgIpc) is 2.35. The molecule has 1 aromatic rings. The van der Waals surface area contributed by atoms with Crippen LogP contribution in [0.1, 0.15) is 12.5 Å². The highest BCUT2D eigenvalue weighted by molar-refractivity contribution is 8.00. The third kappa shape index (κ3) is 2.70. The lowest BCUT2D eigenvalue weighted by Crippen LogP contribution is -2.28. The summed E-state index contributed by atoms with van der Waals surface area (Å²) in [6.45, 7) is 4.27. The second-order valence-corrected chi connectivity index (χ2v) is 5.32. The highest BCUT2D eigenvalue weighted by Crippen LogP contribution is 2.26. The van der Waals surface area contributed by atoms with Crippen molar-refractivity contribution in [2.24, 2.45) is 5.10 Å². The number of aryl methyl sites for hydroxylation is 1. The monoisotopic (exact) mass is 261 g/mol. The maximum absolute atomic E-state index is 4.58. The Morgan fingerprint density at radius 1 is 1.28 bits per heavy atom. The number of nitrogens with zero attached hydrogens (tertiary/aromatic N) is 2. The van der Waals surface area contributed by atoms with Gasteiger partial charge in [0.1, 0.15) is 5.82 Å². The molecule has 1 N–H and O–H groups in total. The molecular weight excluding hydrogens is 242 g/mol. The Morgan fingerprint density at radius 3 is 2.78 bits per heavy atom. The lowest BCUT2D eigenvalue weighted by molar-refractivity contribution is 0.837. The van der Waals surface area contributed by atoms with Crippen molar-refractivity contribution in [3.63, 3.8) is 0 Å². The van der Waals surface area contributed by atoms with Gasteiger partial charge in [-0.3, -0.25) is 0 Å². The highest BCUT2D eigenvalue weighted by atomic mass is 32.2. The molecule has 1 aromatic carbocycles. The first-order chi connectivity index (χ1) is 8.74. The molecular formula is C14H19N3S. The number of anilines is 1. The minimum Gasteiger partial charge on any atom is -0.373 e. The second kappa shape index (κ2) is 5.96. The zero-order chi connectivity index (χ0) is 13.0. The van der Waals surface area contributed by atoms with Crippen molar-refractivity contribution < 1.29 is 0 Å². The van der Waals surface area contributed by atoms with Crippen LogP contribution in [-0.4, -0.2) is 24.8 Å². The minimum atomic E-state index is 0.955. The molecule has 0 unspecified atom stereocenters. The molecule has 1 heterocycles. The minimum absolute atomic E-state index is 0.955. The van der Waals surface area contributed by atoms with E-state index in [0.717, 1.165) is 23.0 Å². The van der Waals surface area contributed by atoms with E-state index in [1.54, 1.807) is 0 Å². The summed E-state index contributed by atoms with van der Waals surface area (Å²) in [5.74, 6) is 3.06. The number of thioether (sulfide) groups is 1.